The maximum Gasteiger partial charge on any atom is 0.264 e. The number of nitrogens with zero attached hydrogens (tertiary/aromatic N) is 2. The molecule has 4 aromatic rings. The first-order valence-electron chi connectivity index (χ1n) is 15.2. The molecule has 1 unspecified atom stereocenters. The van der Waals surface area contributed by atoms with Gasteiger partial charge in [0, 0.05) is 24.0 Å². The maximum atomic E-state index is 14.5. The topological polar surface area (TPSA) is 86.8 Å². The molecule has 1 aliphatic rings. The Morgan fingerprint density at radius 2 is 1.40 bits per heavy atom. The van der Waals surface area contributed by atoms with E-state index in [4.69, 9.17) is 11.6 Å². The number of anilines is 1. The van der Waals surface area contributed by atoms with Crippen molar-refractivity contribution in [2.24, 2.45) is 0 Å². The van der Waals surface area contributed by atoms with Crippen molar-refractivity contribution >= 4 is 39.1 Å². The highest BCUT2D eigenvalue weighted by molar-refractivity contribution is 7.92. The summed E-state index contributed by atoms with van der Waals surface area (Å²) in [7, 11) is -4.17. The Morgan fingerprint density at radius 3 is 2.00 bits per heavy atom. The minimum absolute atomic E-state index is 0.0527. The molecule has 0 spiro atoms. The van der Waals surface area contributed by atoms with Gasteiger partial charge >= 0.3 is 0 Å². The summed E-state index contributed by atoms with van der Waals surface area (Å²) in [6, 6.07) is 31.1. The molecule has 1 N–H and O–H groups in total. The second-order valence-electron chi connectivity index (χ2n) is 11.5. The Bertz CT molecular complexity index is 1680. The number of carbonyl (C=O) groups excluding carboxylic acids is 2. The lowest BCUT2D eigenvalue weighted by atomic mass is 10.0. The lowest BCUT2D eigenvalue weighted by Gasteiger charge is -2.34. The number of amides is 2. The predicted molar refractivity (Wildman–Crippen MR) is 178 cm³/mol. The van der Waals surface area contributed by atoms with Gasteiger partial charge in [0.1, 0.15) is 12.6 Å². The molecular weight excluding hydrogens is 606 g/mol. The van der Waals surface area contributed by atoms with E-state index < -0.39 is 28.5 Å². The van der Waals surface area contributed by atoms with Gasteiger partial charge < -0.3 is 10.2 Å². The smallest absolute Gasteiger partial charge is 0.264 e. The van der Waals surface area contributed by atoms with E-state index in [1.54, 1.807) is 36.4 Å². The SMILES string of the molecule is Cc1ccc(S(=O)(=O)N(CC(=O)N(Cc2ccccc2)C(Cc2ccccc2)C(=O)NC2CCCC2)c2ccc(Cl)cc2)cc1. The third kappa shape index (κ3) is 8.32. The van der Waals surface area contributed by atoms with E-state index in [0.717, 1.165) is 46.7 Å². The first kappa shape index (κ1) is 32.3. The fourth-order valence-electron chi connectivity index (χ4n) is 5.68. The average molecular weight is 644 g/mol. The molecule has 0 aliphatic heterocycles. The molecule has 0 radical (unpaired) electrons. The van der Waals surface area contributed by atoms with Crippen LogP contribution in [0.4, 0.5) is 5.69 Å². The minimum Gasteiger partial charge on any atom is -0.352 e. The van der Waals surface area contributed by atoms with Crippen molar-refractivity contribution in [3.8, 4) is 0 Å². The Hall–Kier alpha value is -4.14. The Balaban J connectivity index is 1.55. The predicted octanol–water partition coefficient (Wildman–Crippen LogP) is 6.54. The summed E-state index contributed by atoms with van der Waals surface area (Å²) in [4.78, 5) is 30.1. The molecule has 9 heteroatoms. The molecule has 45 heavy (non-hydrogen) atoms. The fraction of sp³-hybridized carbons (Fsp3) is 0.278. The number of halogens is 1. The van der Waals surface area contributed by atoms with Gasteiger partial charge in [-0.05, 0) is 67.3 Å². The van der Waals surface area contributed by atoms with E-state index in [-0.39, 0.29) is 29.8 Å². The number of nitrogens with one attached hydrogen (secondary N) is 1. The normalized spacial score (nSPS) is 14.1. The van der Waals surface area contributed by atoms with Crippen LogP contribution in [0.25, 0.3) is 0 Å². The zero-order valence-corrected chi connectivity index (χ0v) is 26.9. The summed E-state index contributed by atoms with van der Waals surface area (Å²) in [5.74, 6) is -0.735. The van der Waals surface area contributed by atoms with Crippen molar-refractivity contribution in [3.05, 3.63) is 131 Å². The molecule has 4 aromatic carbocycles. The first-order chi connectivity index (χ1) is 21.7. The van der Waals surface area contributed by atoms with Gasteiger partial charge in [-0.25, -0.2) is 8.42 Å². The Labute approximate surface area is 270 Å². The summed E-state index contributed by atoms with van der Waals surface area (Å²) >= 11 is 6.15. The van der Waals surface area contributed by atoms with E-state index in [9.17, 15) is 18.0 Å². The van der Waals surface area contributed by atoms with E-state index >= 15 is 0 Å². The maximum absolute atomic E-state index is 14.5. The van der Waals surface area contributed by atoms with Crippen LogP contribution < -0.4 is 9.62 Å². The van der Waals surface area contributed by atoms with Crippen LogP contribution in [0.5, 0.6) is 0 Å². The van der Waals surface area contributed by atoms with E-state index in [2.05, 4.69) is 5.32 Å². The summed E-state index contributed by atoms with van der Waals surface area (Å²) < 4.78 is 29.3. The second kappa shape index (κ2) is 14.8. The Kier molecular flexibility index (Phi) is 10.6. The van der Waals surface area contributed by atoms with Gasteiger partial charge in [-0.1, -0.05) is 103 Å². The van der Waals surface area contributed by atoms with Crippen LogP contribution in [-0.4, -0.2) is 43.8 Å². The standard InChI is InChI=1S/C36H38ClN3O4S/c1-27-16-22-33(23-17-27)45(43,44)40(32-20-18-30(37)19-21-32)26-35(41)39(25-29-12-6-3-7-13-29)34(24-28-10-4-2-5-11-28)36(42)38-31-14-8-9-15-31/h2-7,10-13,16-23,31,34H,8-9,14-15,24-26H2,1H3,(H,38,42). The summed E-state index contributed by atoms with van der Waals surface area (Å²) in [6.45, 7) is 1.50. The number of aryl methyl sites for hydroxylation is 1. The van der Waals surface area contributed by atoms with Gasteiger partial charge in [-0.2, -0.15) is 0 Å². The Morgan fingerprint density at radius 1 is 0.822 bits per heavy atom. The molecule has 7 nitrogen and oxygen atoms in total. The van der Waals surface area contributed by atoms with E-state index in [1.165, 1.54) is 17.0 Å². The van der Waals surface area contributed by atoms with Crippen molar-refractivity contribution in [2.45, 2.75) is 62.6 Å². The molecule has 0 bridgehead atoms. The van der Waals surface area contributed by atoms with E-state index in [1.807, 2.05) is 67.6 Å². The second-order valence-corrected chi connectivity index (χ2v) is 13.8. The summed E-state index contributed by atoms with van der Waals surface area (Å²) in [5.41, 5.74) is 2.94. The van der Waals surface area contributed by atoms with Crippen LogP contribution >= 0.6 is 11.6 Å². The summed E-state index contributed by atoms with van der Waals surface area (Å²) in [5, 5.41) is 3.63. The lowest BCUT2D eigenvalue weighted by molar-refractivity contribution is -0.140. The van der Waals surface area contributed by atoms with Crippen molar-refractivity contribution < 1.29 is 18.0 Å². The number of carbonyl (C=O) groups is 2. The van der Waals surface area contributed by atoms with Crippen LogP contribution in [0.15, 0.2) is 114 Å². The molecule has 1 aliphatic carbocycles. The molecule has 0 aromatic heterocycles. The monoisotopic (exact) mass is 643 g/mol. The lowest BCUT2D eigenvalue weighted by Crippen LogP contribution is -2.54. The summed E-state index contributed by atoms with van der Waals surface area (Å²) in [6.07, 6.45) is 4.18. The van der Waals surface area contributed by atoms with Crippen LogP contribution in [-0.2, 0) is 32.6 Å². The number of hydrogen-bond donors (Lipinski definition) is 1. The van der Waals surface area contributed by atoms with Gasteiger partial charge in [0.05, 0.1) is 10.6 Å². The van der Waals surface area contributed by atoms with Crippen LogP contribution in [0, 0.1) is 6.92 Å². The number of benzene rings is 4. The van der Waals surface area contributed by atoms with Crippen LogP contribution in [0.1, 0.15) is 42.4 Å². The number of sulfonamides is 1. The van der Waals surface area contributed by atoms with Gasteiger partial charge in [-0.15, -0.1) is 0 Å². The highest BCUT2D eigenvalue weighted by Crippen LogP contribution is 2.27. The molecule has 1 atom stereocenters. The molecule has 0 heterocycles. The average Bonchev–Trinajstić information content (AvgIpc) is 3.56. The van der Waals surface area contributed by atoms with Crippen molar-refractivity contribution in [2.75, 3.05) is 10.8 Å². The van der Waals surface area contributed by atoms with Crippen LogP contribution in [0.3, 0.4) is 0 Å². The first-order valence-corrected chi connectivity index (χ1v) is 17.1. The molecule has 1 saturated carbocycles. The minimum atomic E-state index is -4.17. The van der Waals surface area contributed by atoms with Gasteiger partial charge in [0.2, 0.25) is 11.8 Å². The van der Waals surface area contributed by atoms with Crippen molar-refractivity contribution in [1.29, 1.82) is 0 Å². The van der Waals surface area contributed by atoms with E-state index in [0.29, 0.717) is 10.7 Å². The highest BCUT2D eigenvalue weighted by atomic mass is 35.5. The number of rotatable bonds is 12. The highest BCUT2D eigenvalue weighted by Gasteiger charge is 2.35. The zero-order valence-electron chi connectivity index (χ0n) is 25.3. The van der Waals surface area contributed by atoms with Crippen molar-refractivity contribution in [3.63, 3.8) is 0 Å². The fourth-order valence-corrected chi connectivity index (χ4v) is 7.22. The molecule has 2 amide bonds. The molecule has 1 fully saturated rings. The third-order valence-electron chi connectivity index (χ3n) is 8.17. The largest absolute Gasteiger partial charge is 0.352 e. The van der Waals surface area contributed by atoms with Gasteiger partial charge in [-0.3, -0.25) is 13.9 Å². The quantitative estimate of drug-likeness (QED) is 0.190. The zero-order chi connectivity index (χ0) is 31.8. The molecular formula is C36H38ClN3O4S. The molecule has 234 valence electrons. The molecule has 0 saturated heterocycles. The van der Waals surface area contributed by atoms with Gasteiger partial charge in [0.15, 0.2) is 0 Å². The van der Waals surface area contributed by atoms with Crippen LogP contribution in [0.2, 0.25) is 5.02 Å². The third-order valence-corrected chi connectivity index (χ3v) is 10.2. The van der Waals surface area contributed by atoms with Gasteiger partial charge in [0.25, 0.3) is 10.0 Å². The van der Waals surface area contributed by atoms with Crippen molar-refractivity contribution in [1.82, 2.24) is 10.2 Å². The molecule has 5 rings (SSSR count). The number of hydrogen-bond acceptors (Lipinski definition) is 4.